The molecule has 1 atom stereocenters. The highest BCUT2D eigenvalue weighted by molar-refractivity contribution is 7.15. The van der Waals surface area contributed by atoms with Gasteiger partial charge in [0, 0.05) is 36.3 Å². The molecular weight excluding hydrogens is 424 g/mol. The van der Waals surface area contributed by atoms with Crippen LogP contribution in [0.4, 0.5) is 16.4 Å². The Morgan fingerprint density at radius 3 is 2.83 bits per heavy atom. The summed E-state index contributed by atoms with van der Waals surface area (Å²) in [5.74, 6) is 1.37. The number of anilines is 2. The van der Waals surface area contributed by atoms with Crippen LogP contribution in [0.15, 0.2) is 42.7 Å². The van der Waals surface area contributed by atoms with Crippen LogP contribution in [0, 0.1) is 6.92 Å². The van der Waals surface area contributed by atoms with E-state index >= 15 is 0 Å². The Kier molecular flexibility index (Phi) is 7.48. The van der Waals surface area contributed by atoms with Gasteiger partial charge in [-0.25, -0.2) is 19.7 Å². The van der Waals surface area contributed by atoms with Crippen molar-refractivity contribution in [2.24, 2.45) is 0 Å². The highest BCUT2D eigenvalue weighted by Crippen LogP contribution is 2.31. The number of pyridine rings is 2. The van der Waals surface area contributed by atoms with E-state index in [1.165, 1.54) is 0 Å². The van der Waals surface area contributed by atoms with Crippen molar-refractivity contribution in [1.82, 2.24) is 15.0 Å². The molecule has 0 fully saturated rings. The molecule has 0 amide bonds. The van der Waals surface area contributed by atoms with E-state index in [1.54, 1.807) is 23.7 Å². The van der Waals surface area contributed by atoms with Gasteiger partial charge in [0.25, 0.3) is 0 Å². The zero-order valence-electron chi connectivity index (χ0n) is 16.6. The van der Waals surface area contributed by atoms with Crippen LogP contribution in [0.25, 0.3) is 10.6 Å². The van der Waals surface area contributed by atoms with Crippen molar-refractivity contribution in [3.05, 3.63) is 53.3 Å². The highest BCUT2D eigenvalue weighted by atomic mass is 35.5. The number of ketones is 1. The number of thiazole rings is 1. The Bertz CT molecular complexity index is 1040. The average molecular weight is 445 g/mol. The van der Waals surface area contributed by atoms with Gasteiger partial charge in [0.1, 0.15) is 11.6 Å². The standard InChI is InChI=1S/C21H21ClN4O3S/c1-13-8-9-23-19(10-13)26-18-5-3-4-16(25-18)17-11-24-20(30-17)14(2)6-7-15(27)12-29-21(22)28/h3-5,8-11,14H,6-7,12H2,1-2H3,(H,23,25,26)/t14-/m1/s1. The van der Waals surface area contributed by atoms with E-state index in [0.29, 0.717) is 18.7 Å². The first kappa shape index (κ1) is 21.9. The van der Waals surface area contributed by atoms with Gasteiger partial charge in [0.05, 0.1) is 15.6 Å². The van der Waals surface area contributed by atoms with E-state index in [-0.39, 0.29) is 18.3 Å². The van der Waals surface area contributed by atoms with E-state index in [1.807, 2.05) is 44.2 Å². The number of rotatable bonds is 9. The molecule has 3 aromatic rings. The number of nitrogens with zero attached hydrogens (tertiary/aromatic N) is 3. The van der Waals surface area contributed by atoms with Crippen molar-refractivity contribution in [1.29, 1.82) is 0 Å². The second kappa shape index (κ2) is 10.3. The monoisotopic (exact) mass is 444 g/mol. The number of hydrogen-bond donors (Lipinski definition) is 1. The third kappa shape index (κ3) is 6.33. The van der Waals surface area contributed by atoms with Crippen molar-refractivity contribution in [3.63, 3.8) is 0 Å². The van der Waals surface area contributed by atoms with Crippen molar-refractivity contribution >= 4 is 45.8 Å². The molecule has 0 aliphatic carbocycles. The molecule has 0 unspecified atom stereocenters. The van der Waals surface area contributed by atoms with Crippen LogP contribution in [-0.4, -0.2) is 32.8 Å². The maximum atomic E-state index is 11.7. The first-order chi connectivity index (χ1) is 14.4. The summed E-state index contributed by atoms with van der Waals surface area (Å²) in [7, 11) is 0. The molecule has 30 heavy (non-hydrogen) atoms. The number of aromatic nitrogens is 3. The molecule has 0 aliphatic rings. The number of carbonyl (C=O) groups is 2. The van der Waals surface area contributed by atoms with E-state index in [4.69, 9.17) is 11.6 Å². The Morgan fingerprint density at radius 1 is 1.23 bits per heavy atom. The lowest BCUT2D eigenvalue weighted by atomic mass is 10.0. The summed E-state index contributed by atoms with van der Waals surface area (Å²) >= 11 is 6.62. The smallest absolute Gasteiger partial charge is 0.404 e. The summed E-state index contributed by atoms with van der Waals surface area (Å²) in [6, 6.07) is 9.64. The third-order valence-corrected chi connectivity index (χ3v) is 5.68. The van der Waals surface area contributed by atoms with Gasteiger partial charge in [0.2, 0.25) is 0 Å². The van der Waals surface area contributed by atoms with Gasteiger partial charge in [0.15, 0.2) is 12.4 Å². The third-order valence-electron chi connectivity index (χ3n) is 4.32. The molecular formula is C21H21ClN4O3S. The summed E-state index contributed by atoms with van der Waals surface area (Å²) < 4.78 is 4.51. The van der Waals surface area contributed by atoms with Crippen molar-refractivity contribution in [2.45, 2.75) is 32.6 Å². The zero-order chi connectivity index (χ0) is 21.5. The lowest BCUT2D eigenvalue weighted by Crippen LogP contribution is -2.10. The summed E-state index contributed by atoms with van der Waals surface area (Å²) in [6.45, 7) is 3.73. The minimum Gasteiger partial charge on any atom is -0.446 e. The number of ether oxygens (including phenoxy) is 1. The van der Waals surface area contributed by atoms with Crippen LogP contribution in [0.3, 0.4) is 0 Å². The molecule has 3 heterocycles. The molecule has 156 valence electrons. The van der Waals surface area contributed by atoms with Crippen LogP contribution in [-0.2, 0) is 9.53 Å². The van der Waals surface area contributed by atoms with E-state index in [9.17, 15) is 9.59 Å². The molecule has 0 saturated heterocycles. The van der Waals surface area contributed by atoms with Gasteiger partial charge in [-0.1, -0.05) is 13.0 Å². The van der Waals surface area contributed by atoms with Crippen LogP contribution < -0.4 is 5.32 Å². The second-order valence-corrected chi connectivity index (χ2v) is 8.19. The van der Waals surface area contributed by atoms with Crippen LogP contribution >= 0.6 is 22.9 Å². The number of aryl methyl sites for hydroxylation is 1. The largest absolute Gasteiger partial charge is 0.446 e. The molecule has 9 heteroatoms. The van der Waals surface area contributed by atoms with Crippen LogP contribution in [0.2, 0.25) is 0 Å². The first-order valence-corrected chi connectivity index (χ1v) is 10.6. The molecule has 0 aromatic carbocycles. The van der Waals surface area contributed by atoms with Crippen molar-refractivity contribution in [2.75, 3.05) is 11.9 Å². The van der Waals surface area contributed by atoms with Gasteiger partial charge < -0.3 is 10.1 Å². The molecule has 3 rings (SSSR count). The van der Waals surface area contributed by atoms with E-state index in [0.717, 1.165) is 27.0 Å². The number of Topliss-reactive ketones (excluding diaryl/α,β-unsaturated/α-hetero) is 1. The van der Waals surface area contributed by atoms with E-state index in [2.05, 4.69) is 25.0 Å². The minimum atomic E-state index is -0.969. The van der Waals surface area contributed by atoms with Crippen molar-refractivity contribution in [3.8, 4) is 10.6 Å². The quantitative estimate of drug-likeness (QED) is 0.436. The Morgan fingerprint density at radius 2 is 2.07 bits per heavy atom. The lowest BCUT2D eigenvalue weighted by molar-refractivity contribution is -0.121. The summed E-state index contributed by atoms with van der Waals surface area (Å²) in [4.78, 5) is 36.7. The fraction of sp³-hybridized carbons (Fsp3) is 0.286. The summed E-state index contributed by atoms with van der Waals surface area (Å²) in [5, 5.41) is 4.14. The summed E-state index contributed by atoms with van der Waals surface area (Å²) in [5.41, 5.74) is 0.959. The lowest BCUT2D eigenvalue weighted by Gasteiger charge is -2.07. The Labute approximate surface area is 183 Å². The molecule has 0 aliphatic heterocycles. The predicted molar refractivity (Wildman–Crippen MR) is 117 cm³/mol. The minimum absolute atomic E-state index is 0.0946. The maximum Gasteiger partial charge on any atom is 0.404 e. The second-order valence-electron chi connectivity index (χ2n) is 6.82. The fourth-order valence-electron chi connectivity index (χ4n) is 2.72. The first-order valence-electron chi connectivity index (χ1n) is 9.37. The molecule has 3 aromatic heterocycles. The van der Waals surface area contributed by atoms with Gasteiger partial charge in [-0.15, -0.1) is 11.3 Å². The van der Waals surface area contributed by atoms with Crippen molar-refractivity contribution < 1.29 is 14.3 Å². The number of hydrogen-bond acceptors (Lipinski definition) is 8. The van der Waals surface area contributed by atoms with Gasteiger partial charge in [-0.3, -0.25) is 4.79 Å². The number of carbonyl (C=O) groups excluding carboxylic acids is 2. The molecule has 0 bridgehead atoms. The van der Waals surface area contributed by atoms with Crippen LogP contribution in [0.5, 0.6) is 0 Å². The summed E-state index contributed by atoms with van der Waals surface area (Å²) in [6.07, 6.45) is 4.45. The fourth-order valence-corrected chi connectivity index (χ4v) is 3.75. The Balaban J connectivity index is 1.62. The predicted octanol–water partition coefficient (Wildman–Crippen LogP) is 5.48. The zero-order valence-corrected chi connectivity index (χ0v) is 18.2. The SMILES string of the molecule is Cc1ccnc(Nc2cccc(-c3cnc([C@H](C)CCC(=O)COC(=O)Cl)s3)n2)c1. The Hall–Kier alpha value is -2.84. The molecule has 0 saturated carbocycles. The molecule has 7 nitrogen and oxygen atoms in total. The topological polar surface area (TPSA) is 94.1 Å². The van der Waals surface area contributed by atoms with Gasteiger partial charge >= 0.3 is 5.43 Å². The van der Waals surface area contributed by atoms with E-state index < -0.39 is 5.43 Å². The van der Waals surface area contributed by atoms with Gasteiger partial charge in [-0.2, -0.15) is 0 Å². The number of nitrogens with one attached hydrogen (secondary N) is 1. The molecule has 0 spiro atoms. The average Bonchev–Trinajstić information content (AvgIpc) is 3.21. The molecule has 0 radical (unpaired) electrons. The van der Waals surface area contributed by atoms with Gasteiger partial charge in [-0.05, 0) is 43.2 Å². The van der Waals surface area contributed by atoms with Crippen LogP contribution in [0.1, 0.15) is 36.3 Å². The maximum absolute atomic E-state index is 11.7. The molecule has 1 N–H and O–H groups in total. The number of halogens is 1. The highest BCUT2D eigenvalue weighted by Gasteiger charge is 2.15. The normalized spacial score (nSPS) is 11.7.